The summed E-state index contributed by atoms with van der Waals surface area (Å²) in [6, 6.07) is -1.59. The van der Waals surface area contributed by atoms with Gasteiger partial charge in [0.1, 0.15) is 18.2 Å². The van der Waals surface area contributed by atoms with Crippen LogP contribution in [0.15, 0.2) is 0 Å². The van der Waals surface area contributed by atoms with Crippen molar-refractivity contribution in [1.82, 2.24) is 10.2 Å². The molecule has 1 saturated heterocycles. The number of aliphatic carboxylic acids is 1. The van der Waals surface area contributed by atoms with Crippen molar-refractivity contribution in [3.05, 3.63) is 0 Å². The summed E-state index contributed by atoms with van der Waals surface area (Å²) in [6.45, 7) is 3.29. The molecule has 0 aromatic rings. The van der Waals surface area contributed by atoms with Crippen LogP contribution >= 0.6 is 0 Å². The normalized spacial score (nSPS) is 21.0. The first-order chi connectivity index (χ1) is 9.41. The van der Waals surface area contributed by atoms with Crippen LogP contribution in [0, 0.1) is 0 Å². The van der Waals surface area contributed by atoms with E-state index >= 15 is 0 Å². The Hall–Kier alpha value is -1.93. The number of hydrogen-bond acceptors (Lipinski definition) is 4. The van der Waals surface area contributed by atoms with E-state index in [2.05, 4.69) is 5.32 Å². The van der Waals surface area contributed by atoms with Crippen molar-refractivity contribution >= 4 is 18.0 Å². The van der Waals surface area contributed by atoms with Crippen molar-refractivity contribution in [3.63, 3.8) is 0 Å². The monoisotopic (exact) mass is 308 g/mol. The Kier molecular flexibility index (Phi) is 4.75. The summed E-state index contributed by atoms with van der Waals surface area (Å²) in [5.74, 6) is -5.65. The molecule has 0 aliphatic carbocycles. The first-order valence-corrected chi connectivity index (χ1v) is 6.28. The smallest absolute Gasteiger partial charge is 0.408 e. The number of halogens is 2. The number of nitrogens with zero attached hydrogens (tertiary/aromatic N) is 1. The van der Waals surface area contributed by atoms with Crippen LogP contribution in [-0.2, 0) is 14.3 Å². The van der Waals surface area contributed by atoms with Gasteiger partial charge in [0.2, 0.25) is 5.91 Å². The molecule has 9 heteroatoms. The van der Waals surface area contributed by atoms with Crippen LogP contribution in [0.4, 0.5) is 13.6 Å². The largest absolute Gasteiger partial charge is 0.480 e. The second-order valence-corrected chi connectivity index (χ2v) is 5.79. The summed E-state index contributed by atoms with van der Waals surface area (Å²) in [7, 11) is 0. The zero-order valence-electron chi connectivity index (χ0n) is 12.0. The molecule has 0 radical (unpaired) electrons. The molecule has 1 aliphatic heterocycles. The average molecular weight is 308 g/mol. The molecule has 1 rings (SSSR count). The predicted octanol–water partition coefficient (Wildman–Crippen LogP) is 0.832. The Morgan fingerprint density at radius 1 is 1.38 bits per heavy atom. The molecule has 0 spiro atoms. The molecule has 1 fully saturated rings. The Labute approximate surface area is 120 Å². The fourth-order valence-electron chi connectivity index (χ4n) is 1.86. The number of hydrogen-bond donors (Lipinski definition) is 2. The lowest BCUT2D eigenvalue weighted by Crippen LogP contribution is -2.46. The highest BCUT2D eigenvalue weighted by Gasteiger charge is 2.50. The third kappa shape index (κ3) is 5.16. The molecule has 1 aliphatic rings. The van der Waals surface area contributed by atoms with Gasteiger partial charge in [0.25, 0.3) is 5.92 Å². The Morgan fingerprint density at radius 3 is 2.43 bits per heavy atom. The first kappa shape index (κ1) is 17.1. The average Bonchev–Trinajstić information content (AvgIpc) is 2.60. The standard InChI is InChI=1S/C12H18F2N2O5/c1-11(2,3)21-10(20)15-5-8(17)16-6-12(13,14)4-7(16)9(18)19/h7H,4-6H2,1-3H3,(H,15,20)(H,18,19). The molecular formula is C12H18F2N2O5. The first-order valence-electron chi connectivity index (χ1n) is 6.28. The van der Waals surface area contributed by atoms with Gasteiger partial charge in [-0.1, -0.05) is 0 Å². The molecule has 2 N–H and O–H groups in total. The summed E-state index contributed by atoms with van der Waals surface area (Å²) in [6.07, 6.45) is -1.81. The van der Waals surface area contributed by atoms with Crippen molar-refractivity contribution in [1.29, 1.82) is 0 Å². The SMILES string of the molecule is CC(C)(C)OC(=O)NCC(=O)N1CC(F)(F)CC1C(=O)O. The maximum atomic E-state index is 13.2. The van der Waals surface area contributed by atoms with Crippen molar-refractivity contribution in [2.75, 3.05) is 13.1 Å². The van der Waals surface area contributed by atoms with E-state index in [1.54, 1.807) is 20.8 Å². The van der Waals surface area contributed by atoms with Crippen LogP contribution in [0.25, 0.3) is 0 Å². The molecule has 1 heterocycles. The lowest BCUT2D eigenvalue weighted by Gasteiger charge is -2.22. The van der Waals surface area contributed by atoms with Gasteiger partial charge in [-0.15, -0.1) is 0 Å². The summed E-state index contributed by atoms with van der Waals surface area (Å²) in [5, 5.41) is 11.0. The number of nitrogens with one attached hydrogen (secondary N) is 1. The topological polar surface area (TPSA) is 95.9 Å². The van der Waals surface area contributed by atoms with Gasteiger partial charge in [-0.25, -0.2) is 18.4 Å². The number of ether oxygens (including phenoxy) is 1. The van der Waals surface area contributed by atoms with Crippen LogP contribution in [0.1, 0.15) is 27.2 Å². The molecule has 0 saturated carbocycles. The van der Waals surface area contributed by atoms with Crippen molar-refractivity contribution in [2.24, 2.45) is 0 Å². The second-order valence-electron chi connectivity index (χ2n) is 5.79. The highest BCUT2D eigenvalue weighted by Crippen LogP contribution is 2.32. The van der Waals surface area contributed by atoms with Gasteiger partial charge in [0, 0.05) is 6.42 Å². The number of rotatable bonds is 3. The van der Waals surface area contributed by atoms with Gasteiger partial charge in [-0.05, 0) is 20.8 Å². The Bertz CT molecular complexity index is 447. The minimum absolute atomic E-state index is 0.555. The molecule has 1 atom stereocenters. The van der Waals surface area contributed by atoms with Gasteiger partial charge in [-0.3, -0.25) is 4.79 Å². The van der Waals surface area contributed by atoms with Crippen molar-refractivity contribution in [3.8, 4) is 0 Å². The predicted molar refractivity (Wildman–Crippen MR) is 66.9 cm³/mol. The number of amides is 2. The highest BCUT2D eigenvalue weighted by atomic mass is 19.3. The Balaban J connectivity index is 2.59. The zero-order chi connectivity index (χ0) is 16.4. The second kappa shape index (κ2) is 5.82. The fourth-order valence-corrected chi connectivity index (χ4v) is 1.86. The lowest BCUT2D eigenvalue weighted by atomic mass is 10.2. The quantitative estimate of drug-likeness (QED) is 0.805. The van der Waals surface area contributed by atoms with E-state index < -0.39 is 55.0 Å². The summed E-state index contributed by atoms with van der Waals surface area (Å²) in [5.41, 5.74) is -0.766. The lowest BCUT2D eigenvalue weighted by molar-refractivity contribution is -0.147. The van der Waals surface area contributed by atoms with E-state index in [0.29, 0.717) is 4.90 Å². The van der Waals surface area contributed by atoms with E-state index in [0.717, 1.165) is 0 Å². The van der Waals surface area contributed by atoms with Gasteiger partial charge < -0.3 is 20.1 Å². The van der Waals surface area contributed by atoms with Crippen molar-refractivity contribution < 1.29 is 33.0 Å². The zero-order valence-corrected chi connectivity index (χ0v) is 12.0. The third-order valence-corrected chi connectivity index (χ3v) is 2.66. The molecule has 21 heavy (non-hydrogen) atoms. The minimum Gasteiger partial charge on any atom is -0.480 e. The van der Waals surface area contributed by atoms with Gasteiger partial charge in [0.05, 0.1) is 6.54 Å². The molecule has 7 nitrogen and oxygen atoms in total. The van der Waals surface area contributed by atoms with E-state index in [-0.39, 0.29) is 0 Å². The van der Waals surface area contributed by atoms with Gasteiger partial charge in [0.15, 0.2) is 0 Å². The van der Waals surface area contributed by atoms with Crippen LogP contribution < -0.4 is 5.32 Å². The third-order valence-electron chi connectivity index (χ3n) is 2.66. The minimum atomic E-state index is -3.25. The highest BCUT2D eigenvalue weighted by molar-refractivity contribution is 5.87. The van der Waals surface area contributed by atoms with Crippen LogP contribution in [0.2, 0.25) is 0 Å². The van der Waals surface area contributed by atoms with E-state index in [1.807, 2.05) is 0 Å². The molecule has 1 unspecified atom stereocenters. The molecule has 0 aromatic heterocycles. The number of carbonyl (C=O) groups excluding carboxylic acids is 2. The fraction of sp³-hybridized carbons (Fsp3) is 0.750. The number of alkyl carbamates (subject to hydrolysis) is 1. The van der Waals surface area contributed by atoms with E-state index in [4.69, 9.17) is 9.84 Å². The summed E-state index contributed by atoms with van der Waals surface area (Å²) >= 11 is 0. The molecule has 2 amide bonds. The number of carboxylic acid groups (broad SMARTS) is 1. The molecule has 120 valence electrons. The number of carboxylic acids is 1. The van der Waals surface area contributed by atoms with Crippen LogP contribution in [0.3, 0.4) is 0 Å². The molecule has 0 bridgehead atoms. The van der Waals surface area contributed by atoms with E-state index in [1.165, 1.54) is 0 Å². The van der Waals surface area contributed by atoms with E-state index in [9.17, 15) is 23.2 Å². The Morgan fingerprint density at radius 2 is 1.95 bits per heavy atom. The number of carbonyl (C=O) groups is 3. The van der Waals surface area contributed by atoms with Gasteiger partial charge in [-0.2, -0.15) is 0 Å². The van der Waals surface area contributed by atoms with Crippen molar-refractivity contribution in [2.45, 2.75) is 44.8 Å². The number of likely N-dealkylation sites (tertiary alicyclic amines) is 1. The molecule has 0 aromatic carbocycles. The number of alkyl halides is 2. The van der Waals surface area contributed by atoms with Crippen LogP contribution in [-0.4, -0.2) is 58.6 Å². The maximum Gasteiger partial charge on any atom is 0.408 e. The summed E-state index contributed by atoms with van der Waals surface area (Å²) in [4.78, 5) is 34.6. The van der Waals surface area contributed by atoms with Gasteiger partial charge >= 0.3 is 12.1 Å². The summed E-state index contributed by atoms with van der Waals surface area (Å²) < 4.78 is 31.3. The molecular weight excluding hydrogens is 290 g/mol. The van der Waals surface area contributed by atoms with Crippen LogP contribution in [0.5, 0.6) is 0 Å². The maximum absolute atomic E-state index is 13.2.